The van der Waals surface area contributed by atoms with E-state index in [0.717, 1.165) is 25.1 Å². The van der Waals surface area contributed by atoms with E-state index in [1.165, 1.54) is 65.5 Å². The molecule has 1 aliphatic heterocycles. The van der Waals surface area contributed by atoms with Crippen molar-refractivity contribution in [2.24, 2.45) is 0 Å². The summed E-state index contributed by atoms with van der Waals surface area (Å²) in [4.78, 5) is 2.64. The Hall–Kier alpha value is -2.93. The van der Waals surface area contributed by atoms with E-state index in [0.29, 0.717) is 15.2 Å². The molecule has 0 N–H and O–H groups in total. The second-order valence-corrected chi connectivity index (χ2v) is 12.9. The SMILES string of the molecule is CCC(C)(Pc1ccccc1CN1CCCCC1)c1cccc(Cc2ccccc2)c1OCc1ccccc1. The lowest BCUT2D eigenvalue weighted by molar-refractivity contribution is 0.221. The molecular weight excluding hydrogens is 493 g/mol. The van der Waals surface area contributed by atoms with E-state index in [4.69, 9.17) is 4.74 Å². The van der Waals surface area contributed by atoms with Gasteiger partial charge in [-0.15, -0.1) is 0 Å². The third kappa shape index (κ3) is 7.18. The van der Waals surface area contributed by atoms with E-state index >= 15 is 0 Å². The quantitative estimate of drug-likeness (QED) is 0.179. The minimum Gasteiger partial charge on any atom is -0.488 e. The molecule has 0 radical (unpaired) electrons. The first-order valence-corrected chi connectivity index (χ1v) is 15.6. The molecule has 0 bridgehead atoms. The molecule has 2 atom stereocenters. The van der Waals surface area contributed by atoms with Gasteiger partial charge in [-0.25, -0.2) is 0 Å². The summed E-state index contributed by atoms with van der Waals surface area (Å²) in [5.41, 5.74) is 6.60. The Bertz CT molecular complexity index is 1320. The van der Waals surface area contributed by atoms with E-state index < -0.39 is 0 Å². The second kappa shape index (κ2) is 13.4. The zero-order valence-electron chi connectivity index (χ0n) is 23.5. The summed E-state index contributed by atoms with van der Waals surface area (Å²) in [5.74, 6) is 1.07. The highest BCUT2D eigenvalue weighted by molar-refractivity contribution is 7.48. The van der Waals surface area contributed by atoms with Gasteiger partial charge in [0.2, 0.25) is 0 Å². The minimum absolute atomic E-state index is 0.0171. The highest BCUT2D eigenvalue weighted by Crippen LogP contribution is 2.49. The zero-order valence-corrected chi connectivity index (χ0v) is 24.5. The molecule has 4 aromatic carbocycles. The summed E-state index contributed by atoms with van der Waals surface area (Å²) < 4.78 is 6.76. The van der Waals surface area contributed by atoms with Crippen LogP contribution in [0.25, 0.3) is 0 Å². The Morgan fingerprint density at radius 3 is 2.08 bits per heavy atom. The fourth-order valence-electron chi connectivity index (χ4n) is 5.66. The number of hydrogen-bond donors (Lipinski definition) is 0. The monoisotopic (exact) mass is 535 g/mol. The normalized spacial score (nSPS) is 15.8. The summed E-state index contributed by atoms with van der Waals surface area (Å²) in [6.45, 7) is 8.87. The highest BCUT2D eigenvalue weighted by Gasteiger charge is 2.31. The molecule has 4 aromatic rings. The summed E-state index contributed by atoms with van der Waals surface area (Å²) in [5, 5.41) is 1.48. The van der Waals surface area contributed by atoms with Crippen molar-refractivity contribution in [1.82, 2.24) is 4.90 Å². The molecule has 2 unspecified atom stereocenters. The Kier molecular flexibility index (Phi) is 9.51. The molecule has 1 aliphatic rings. The van der Waals surface area contributed by atoms with Crippen LogP contribution in [0.1, 0.15) is 67.3 Å². The molecule has 0 saturated carbocycles. The number of hydrogen-bond acceptors (Lipinski definition) is 2. The summed E-state index contributed by atoms with van der Waals surface area (Å²) in [7, 11) is 0.671. The van der Waals surface area contributed by atoms with Crippen LogP contribution in [-0.4, -0.2) is 18.0 Å². The van der Waals surface area contributed by atoms with Crippen LogP contribution in [0.15, 0.2) is 103 Å². The van der Waals surface area contributed by atoms with E-state index in [9.17, 15) is 0 Å². The predicted octanol–water partition coefficient (Wildman–Crippen LogP) is 8.47. The van der Waals surface area contributed by atoms with Gasteiger partial charge < -0.3 is 4.74 Å². The van der Waals surface area contributed by atoms with E-state index in [2.05, 4.69) is 122 Å². The number of likely N-dealkylation sites (tertiary alicyclic amines) is 1. The van der Waals surface area contributed by atoms with Crippen molar-refractivity contribution in [3.05, 3.63) is 131 Å². The first-order chi connectivity index (χ1) is 19.1. The van der Waals surface area contributed by atoms with E-state index in [1.54, 1.807) is 0 Å². The molecule has 3 heteroatoms. The maximum atomic E-state index is 6.76. The largest absolute Gasteiger partial charge is 0.488 e. The summed E-state index contributed by atoms with van der Waals surface area (Å²) in [6, 6.07) is 37.3. The average Bonchev–Trinajstić information content (AvgIpc) is 2.99. The van der Waals surface area contributed by atoms with Gasteiger partial charge in [0, 0.05) is 23.7 Å². The molecule has 2 nitrogen and oxygen atoms in total. The van der Waals surface area contributed by atoms with Crippen LogP contribution < -0.4 is 10.0 Å². The van der Waals surface area contributed by atoms with Gasteiger partial charge >= 0.3 is 0 Å². The fourth-order valence-corrected chi connectivity index (χ4v) is 7.26. The number of nitrogens with zero attached hydrogens (tertiary/aromatic N) is 1. The fraction of sp³-hybridized carbons (Fsp3) is 0.333. The summed E-state index contributed by atoms with van der Waals surface area (Å²) in [6.07, 6.45) is 5.95. The standard InChI is InChI=1S/C36H42NOP/c1-3-36(2,39-34-23-12-11-20-32(34)27-37-24-13-6-14-25-37)33-22-15-21-31(26-29-16-7-4-8-17-29)35(33)38-28-30-18-9-5-10-19-30/h4-5,7-12,15-23,39H,3,6,13-14,24-28H2,1-2H3. The molecule has 0 aromatic heterocycles. The lowest BCUT2D eigenvalue weighted by Gasteiger charge is -2.33. The Morgan fingerprint density at radius 2 is 1.36 bits per heavy atom. The number of piperidine rings is 1. The van der Waals surface area contributed by atoms with Crippen molar-refractivity contribution in [2.75, 3.05) is 13.1 Å². The molecular formula is C36H42NOP. The molecule has 0 amide bonds. The van der Waals surface area contributed by atoms with Gasteiger partial charge in [-0.3, -0.25) is 4.90 Å². The lowest BCUT2D eigenvalue weighted by atomic mass is 9.92. The van der Waals surface area contributed by atoms with Gasteiger partial charge in [0.25, 0.3) is 0 Å². The van der Waals surface area contributed by atoms with Crippen LogP contribution in [0.4, 0.5) is 0 Å². The Labute approximate surface area is 237 Å². The zero-order chi connectivity index (χ0) is 26.9. The third-order valence-electron chi connectivity index (χ3n) is 8.13. The van der Waals surface area contributed by atoms with Crippen molar-refractivity contribution in [2.45, 2.75) is 64.3 Å². The van der Waals surface area contributed by atoms with Crippen LogP contribution in [0.2, 0.25) is 0 Å². The van der Waals surface area contributed by atoms with Gasteiger partial charge in [0.05, 0.1) is 0 Å². The summed E-state index contributed by atoms with van der Waals surface area (Å²) >= 11 is 0. The number of ether oxygens (including phenoxy) is 1. The smallest absolute Gasteiger partial charge is 0.127 e. The maximum absolute atomic E-state index is 6.76. The number of rotatable bonds is 11. The van der Waals surface area contributed by atoms with Crippen LogP contribution in [-0.2, 0) is 24.7 Å². The Balaban J connectivity index is 1.48. The van der Waals surface area contributed by atoms with Gasteiger partial charge in [0.15, 0.2) is 0 Å². The Morgan fingerprint density at radius 1 is 0.718 bits per heavy atom. The average molecular weight is 536 g/mol. The molecule has 1 heterocycles. The topological polar surface area (TPSA) is 12.5 Å². The highest BCUT2D eigenvalue weighted by atomic mass is 31.1. The molecule has 39 heavy (non-hydrogen) atoms. The molecule has 1 saturated heterocycles. The number of para-hydroxylation sites is 1. The minimum atomic E-state index is -0.0171. The molecule has 5 rings (SSSR count). The van der Waals surface area contributed by atoms with Crippen LogP contribution >= 0.6 is 8.58 Å². The second-order valence-electron chi connectivity index (χ2n) is 11.0. The molecule has 1 fully saturated rings. The van der Waals surface area contributed by atoms with Crippen LogP contribution in [0, 0.1) is 0 Å². The van der Waals surface area contributed by atoms with E-state index in [1.807, 2.05) is 0 Å². The predicted molar refractivity (Wildman–Crippen MR) is 168 cm³/mol. The van der Waals surface area contributed by atoms with Gasteiger partial charge in [-0.05, 0) is 59.9 Å². The number of benzene rings is 4. The lowest BCUT2D eigenvalue weighted by Crippen LogP contribution is -2.31. The van der Waals surface area contributed by atoms with Crippen molar-refractivity contribution in [3.8, 4) is 5.75 Å². The van der Waals surface area contributed by atoms with Gasteiger partial charge in [-0.1, -0.05) is 132 Å². The maximum Gasteiger partial charge on any atom is 0.127 e. The van der Waals surface area contributed by atoms with Crippen molar-refractivity contribution in [1.29, 1.82) is 0 Å². The van der Waals surface area contributed by atoms with Crippen LogP contribution in [0.3, 0.4) is 0 Å². The van der Waals surface area contributed by atoms with Crippen molar-refractivity contribution in [3.63, 3.8) is 0 Å². The van der Waals surface area contributed by atoms with Gasteiger partial charge in [-0.2, -0.15) is 0 Å². The van der Waals surface area contributed by atoms with E-state index in [-0.39, 0.29) is 5.16 Å². The first kappa shape index (κ1) is 27.6. The first-order valence-electron chi connectivity index (χ1n) is 14.6. The molecule has 0 spiro atoms. The van der Waals surface area contributed by atoms with Crippen LogP contribution in [0.5, 0.6) is 5.75 Å². The third-order valence-corrected chi connectivity index (χ3v) is 10.1. The molecule has 202 valence electrons. The van der Waals surface area contributed by atoms with Gasteiger partial charge in [0.1, 0.15) is 12.4 Å². The van der Waals surface area contributed by atoms with Crippen molar-refractivity contribution >= 4 is 13.9 Å². The van der Waals surface area contributed by atoms with Crippen molar-refractivity contribution < 1.29 is 4.74 Å². The molecule has 0 aliphatic carbocycles.